The number of para-hydroxylation sites is 1. The number of halogens is 1. The lowest BCUT2D eigenvalue weighted by Crippen LogP contribution is -2.35. The molecule has 0 amide bonds. The number of hydrogen-bond acceptors (Lipinski definition) is 3. The smallest absolute Gasteiger partial charge is 0.141 e. The van der Waals surface area contributed by atoms with Gasteiger partial charge in [-0.3, -0.25) is 0 Å². The van der Waals surface area contributed by atoms with Crippen LogP contribution in [0.5, 0.6) is 5.75 Å². The van der Waals surface area contributed by atoms with E-state index >= 15 is 0 Å². The first-order valence-electron chi connectivity index (χ1n) is 7.36. The van der Waals surface area contributed by atoms with Crippen molar-refractivity contribution in [3.8, 4) is 5.75 Å². The molecule has 3 nitrogen and oxygen atoms in total. The minimum Gasteiger partial charge on any atom is -0.492 e. The van der Waals surface area contributed by atoms with Gasteiger partial charge in [0.1, 0.15) is 5.75 Å². The summed E-state index contributed by atoms with van der Waals surface area (Å²) in [7, 11) is 4.21. The molecule has 2 N–H and O–H groups in total. The highest BCUT2D eigenvalue weighted by Crippen LogP contribution is 2.44. The summed E-state index contributed by atoms with van der Waals surface area (Å²) in [6, 6.07) is 6.04. The normalized spacial score (nSPS) is 22.2. The maximum Gasteiger partial charge on any atom is 0.141 e. The van der Waals surface area contributed by atoms with E-state index in [1.54, 1.807) is 0 Å². The maximum absolute atomic E-state index is 6.31. The third kappa shape index (κ3) is 3.27. The molecule has 1 aliphatic heterocycles. The van der Waals surface area contributed by atoms with Gasteiger partial charge in [-0.15, -0.1) is 0 Å². The summed E-state index contributed by atoms with van der Waals surface area (Å²) >= 11 is 6.31. The Morgan fingerprint density at radius 3 is 2.90 bits per heavy atom. The zero-order chi connectivity index (χ0) is 14.6. The highest BCUT2D eigenvalue weighted by molar-refractivity contribution is 6.32. The van der Waals surface area contributed by atoms with Crippen molar-refractivity contribution >= 4 is 11.6 Å². The van der Waals surface area contributed by atoms with Crippen molar-refractivity contribution in [2.75, 3.05) is 33.8 Å². The Bertz CT molecular complexity index is 450. The van der Waals surface area contributed by atoms with Gasteiger partial charge < -0.3 is 15.4 Å². The topological polar surface area (TPSA) is 38.5 Å². The lowest BCUT2D eigenvalue weighted by atomic mass is 9.73. The molecule has 0 radical (unpaired) electrons. The number of hydrogen-bond donors (Lipinski definition) is 1. The first kappa shape index (κ1) is 15.6. The molecule has 1 aliphatic rings. The average molecular weight is 297 g/mol. The van der Waals surface area contributed by atoms with Crippen molar-refractivity contribution in [1.29, 1.82) is 0 Å². The van der Waals surface area contributed by atoms with E-state index in [1.165, 1.54) is 5.56 Å². The number of fused-ring (bicyclic) bond motifs is 1. The molecule has 4 heteroatoms. The van der Waals surface area contributed by atoms with Gasteiger partial charge in [-0.05, 0) is 52.4 Å². The molecular formula is C16H25ClN2O. The first-order chi connectivity index (χ1) is 9.59. The molecule has 1 unspecified atom stereocenters. The van der Waals surface area contributed by atoms with E-state index in [4.69, 9.17) is 22.1 Å². The van der Waals surface area contributed by atoms with Crippen LogP contribution in [-0.4, -0.2) is 38.7 Å². The molecule has 0 fully saturated rings. The van der Waals surface area contributed by atoms with Crippen molar-refractivity contribution in [2.24, 2.45) is 5.73 Å². The highest BCUT2D eigenvalue weighted by Gasteiger charge is 2.35. The predicted molar refractivity (Wildman–Crippen MR) is 84.7 cm³/mol. The third-order valence-corrected chi connectivity index (χ3v) is 4.53. The van der Waals surface area contributed by atoms with E-state index < -0.39 is 0 Å². The standard InChI is InChI=1S/C16H25ClN2O/c1-19(2)10-4-8-16(12-18)9-5-11-20-15-13(16)6-3-7-14(15)17/h3,6-7H,4-5,8-12,18H2,1-2H3. The minimum absolute atomic E-state index is 0.00669. The largest absolute Gasteiger partial charge is 0.492 e. The summed E-state index contributed by atoms with van der Waals surface area (Å²) < 4.78 is 5.87. The number of ether oxygens (including phenoxy) is 1. The van der Waals surface area contributed by atoms with Gasteiger partial charge in [0.25, 0.3) is 0 Å². The summed E-state index contributed by atoms with van der Waals surface area (Å²) in [5, 5.41) is 0.704. The maximum atomic E-state index is 6.31. The van der Waals surface area contributed by atoms with Crippen LogP contribution in [0, 0.1) is 0 Å². The van der Waals surface area contributed by atoms with Gasteiger partial charge in [0, 0.05) is 17.5 Å². The highest BCUT2D eigenvalue weighted by atomic mass is 35.5. The summed E-state index contributed by atoms with van der Waals surface area (Å²) in [4.78, 5) is 2.22. The number of benzene rings is 1. The third-order valence-electron chi connectivity index (χ3n) is 4.24. The van der Waals surface area contributed by atoms with E-state index in [2.05, 4.69) is 25.1 Å². The van der Waals surface area contributed by atoms with E-state index in [1.807, 2.05) is 12.1 Å². The SMILES string of the molecule is CN(C)CCCC1(CN)CCCOc2c(Cl)cccc21. The molecule has 20 heavy (non-hydrogen) atoms. The molecule has 0 aromatic heterocycles. The van der Waals surface area contributed by atoms with Gasteiger partial charge in [0.2, 0.25) is 0 Å². The minimum atomic E-state index is 0.00669. The molecule has 0 saturated carbocycles. The summed E-state index contributed by atoms with van der Waals surface area (Å²) in [5.74, 6) is 0.849. The zero-order valence-corrected chi connectivity index (χ0v) is 13.2. The fourth-order valence-electron chi connectivity index (χ4n) is 3.10. The van der Waals surface area contributed by atoms with Gasteiger partial charge in [-0.25, -0.2) is 0 Å². The molecule has 1 atom stereocenters. The van der Waals surface area contributed by atoms with Crippen LogP contribution in [-0.2, 0) is 5.41 Å². The van der Waals surface area contributed by atoms with Crippen LogP contribution in [0.1, 0.15) is 31.2 Å². The second kappa shape index (κ2) is 6.79. The summed E-state index contributed by atoms with van der Waals surface area (Å²) in [5.41, 5.74) is 7.38. The van der Waals surface area contributed by atoms with Crippen LogP contribution < -0.4 is 10.5 Å². The van der Waals surface area contributed by atoms with Crippen LogP contribution in [0.2, 0.25) is 5.02 Å². The summed E-state index contributed by atoms with van der Waals surface area (Å²) in [6.07, 6.45) is 4.32. The van der Waals surface area contributed by atoms with Crippen LogP contribution in [0.15, 0.2) is 18.2 Å². The Hall–Kier alpha value is -0.770. The van der Waals surface area contributed by atoms with Crippen molar-refractivity contribution in [3.63, 3.8) is 0 Å². The molecule has 0 saturated heterocycles. The molecule has 1 aromatic carbocycles. The van der Waals surface area contributed by atoms with Gasteiger partial charge in [0.05, 0.1) is 11.6 Å². The Morgan fingerprint density at radius 2 is 2.20 bits per heavy atom. The van der Waals surface area contributed by atoms with Gasteiger partial charge in [0.15, 0.2) is 0 Å². The van der Waals surface area contributed by atoms with Crippen molar-refractivity contribution < 1.29 is 4.74 Å². The van der Waals surface area contributed by atoms with Crippen molar-refractivity contribution in [3.05, 3.63) is 28.8 Å². The van der Waals surface area contributed by atoms with Crippen LogP contribution in [0.25, 0.3) is 0 Å². The Labute approximate surface area is 127 Å². The van der Waals surface area contributed by atoms with E-state index in [9.17, 15) is 0 Å². The molecule has 112 valence electrons. The average Bonchev–Trinajstić information content (AvgIpc) is 2.60. The quantitative estimate of drug-likeness (QED) is 0.907. The molecule has 2 rings (SSSR count). The van der Waals surface area contributed by atoms with Gasteiger partial charge in [-0.2, -0.15) is 0 Å². The Kier molecular flexibility index (Phi) is 5.30. The van der Waals surface area contributed by atoms with E-state index in [0.29, 0.717) is 11.6 Å². The van der Waals surface area contributed by atoms with Crippen LogP contribution in [0.4, 0.5) is 0 Å². The lowest BCUT2D eigenvalue weighted by molar-refractivity contribution is 0.301. The summed E-state index contributed by atoms with van der Waals surface area (Å²) in [6.45, 7) is 2.46. The number of nitrogens with zero attached hydrogens (tertiary/aromatic N) is 1. The predicted octanol–water partition coefficient (Wildman–Crippen LogP) is 3.05. The Balaban J connectivity index is 2.30. The van der Waals surface area contributed by atoms with Gasteiger partial charge in [-0.1, -0.05) is 23.7 Å². The van der Waals surface area contributed by atoms with Crippen LogP contribution in [0.3, 0.4) is 0 Å². The molecular weight excluding hydrogens is 272 g/mol. The zero-order valence-electron chi connectivity index (χ0n) is 12.5. The fourth-order valence-corrected chi connectivity index (χ4v) is 3.33. The molecule has 0 aliphatic carbocycles. The molecule has 1 aromatic rings. The second-order valence-corrected chi connectivity index (χ2v) is 6.37. The lowest BCUT2D eigenvalue weighted by Gasteiger charge is -2.33. The first-order valence-corrected chi connectivity index (χ1v) is 7.73. The Morgan fingerprint density at radius 1 is 1.40 bits per heavy atom. The van der Waals surface area contributed by atoms with Crippen molar-refractivity contribution in [2.45, 2.75) is 31.1 Å². The number of nitrogens with two attached hydrogens (primary N) is 1. The second-order valence-electron chi connectivity index (χ2n) is 5.96. The van der Waals surface area contributed by atoms with Gasteiger partial charge >= 0.3 is 0 Å². The monoisotopic (exact) mass is 296 g/mol. The molecule has 0 spiro atoms. The molecule has 0 bridgehead atoms. The molecule has 1 heterocycles. The van der Waals surface area contributed by atoms with Crippen molar-refractivity contribution in [1.82, 2.24) is 4.90 Å². The van der Waals surface area contributed by atoms with Crippen LogP contribution >= 0.6 is 11.6 Å². The number of rotatable bonds is 5. The van der Waals surface area contributed by atoms with E-state index in [-0.39, 0.29) is 5.41 Å². The fraction of sp³-hybridized carbons (Fsp3) is 0.625. The van der Waals surface area contributed by atoms with E-state index in [0.717, 1.165) is 44.6 Å².